The van der Waals surface area contributed by atoms with Gasteiger partial charge in [-0.05, 0) is 32.9 Å². The average molecular weight is 228 g/mol. The summed E-state index contributed by atoms with van der Waals surface area (Å²) in [6.07, 6.45) is -0.865. The molecule has 0 fully saturated rings. The van der Waals surface area contributed by atoms with Gasteiger partial charge in [-0.15, -0.1) is 0 Å². The van der Waals surface area contributed by atoms with E-state index in [1.165, 1.54) is 13.8 Å². The van der Waals surface area contributed by atoms with E-state index in [2.05, 4.69) is 0 Å². The summed E-state index contributed by atoms with van der Waals surface area (Å²) in [7, 11) is -3.40. The van der Waals surface area contributed by atoms with E-state index < -0.39 is 21.2 Å². The first kappa shape index (κ1) is 12.2. The molecular formula is C11H16O3S. The van der Waals surface area contributed by atoms with Crippen molar-refractivity contribution in [2.45, 2.75) is 37.0 Å². The van der Waals surface area contributed by atoms with Gasteiger partial charge in [0.15, 0.2) is 9.84 Å². The molecule has 0 heterocycles. The van der Waals surface area contributed by atoms with Crippen LogP contribution >= 0.6 is 0 Å². The third-order valence-electron chi connectivity index (χ3n) is 2.52. The molecule has 1 aromatic rings. The van der Waals surface area contributed by atoms with Gasteiger partial charge in [-0.2, -0.15) is 0 Å². The summed E-state index contributed by atoms with van der Waals surface area (Å²) in [6.45, 7) is 4.89. The van der Waals surface area contributed by atoms with Crippen molar-refractivity contribution in [1.29, 1.82) is 0 Å². The fourth-order valence-electron chi connectivity index (χ4n) is 1.20. The monoisotopic (exact) mass is 228 g/mol. The zero-order chi connectivity index (χ0) is 11.6. The Hall–Kier alpha value is -0.870. The van der Waals surface area contributed by atoms with Gasteiger partial charge in [-0.25, -0.2) is 8.42 Å². The number of aliphatic hydroxyl groups is 1. The maximum absolute atomic E-state index is 11.9. The number of hydrogen-bond donors (Lipinski definition) is 1. The van der Waals surface area contributed by atoms with Crippen molar-refractivity contribution in [3.8, 4) is 0 Å². The van der Waals surface area contributed by atoms with Crippen LogP contribution in [0, 0.1) is 6.92 Å². The average Bonchev–Trinajstić information content (AvgIpc) is 2.17. The number of rotatable bonds is 3. The Kier molecular flexibility index (Phi) is 3.52. The fraction of sp³-hybridized carbons (Fsp3) is 0.455. The molecule has 0 aromatic heterocycles. The molecule has 84 valence electrons. The lowest BCUT2D eigenvalue weighted by molar-refractivity contribution is 0.193. The quantitative estimate of drug-likeness (QED) is 0.853. The maximum atomic E-state index is 11.9. The number of sulfone groups is 1. The second-order valence-electron chi connectivity index (χ2n) is 3.80. The van der Waals surface area contributed by atoms with Crippen LogP contribution in [-0.2, 0) is 9.84 Å². The minimum absolute atomic E-state index is 0.265. The second-order valence-corrected chi connectivity index (χ2v) is 6.11. The highest BCUT2D eigenvalue weighted by molar-refractivity contribution is 7.92. The predicted molar refractivity (Wildman–Crippen MR) is 59.5 cm³/mol. The maximum Gasteiger partial charge on any atom is 0.183 e. The molecule has 0 aliphatic rings. The highest BCUT2D eigenvalue weighted by Crippen LogP contribution is 2.18. The van der Waals surface area contributed by atoms with E-state index >= 15 is 0 Å². The normalized spacial score (nSPS) is 16.0. The van der Waals surface area contributed by atoms with Crippen molar-refractivity contribution in [2.75, 3.05) is 0 Å². The summed E-state index contributed by atoms with van der Waals surface area (Å²) < 4.78 is 23.8. The van der Waals surface area contributed by atoms with E-state index in [4.69, 9.17) is 0 Å². The molecule has 1 aromatic carbocycles. The van der Waals surface area contributed by atoms with Gasteiger partial charge in [-0.3, -0.25) is 0 Å². The van der Waals surface area contributed by atoms with Gasteiger partial charge in [0.2, 0.25) is 0 Å². The minimum Gasteiger partial charge on any atom is -0.392 e. The van der Waals surface area contributed by atoms with Crippen LogP contribution in [0.1, 0.15) is 19.4 Å². The molecule has 0 amide bonds. The summed E-state index contributed by atoms with van der Waals surface area (Å²) in [6, 6.07) is 6.65. The molecule has 0 bridgehead atoms. The van der Waals surface area contributed by atoms with Crippen molar-refractivity contribution in [3.63, 3.8) is 0 Å². The molecule has 0 spiro atoms. The van der Waals surface area contributed by atoms with Crippen LogP contribution in [-0.4, -0.2) is 24.9 Å². The van der Waals surface area contributed by atoms with Crippen LogP contribution in [0.5, 0.6) is 0 Å². The first-order chi connectivity index (χ1) is 6.85. The van der Waals surface area contributed by atoms with Crippen LogP contribution in [0.15, 0.2) is 29.2 Å². The van der Waals surface area contributed by atoms with E-state index in [0.29, 0.717) is 0 Å². The molecule has 0 aliphatic carbocycles. The minimum atomic E-state index is -3.40. The Balaban J connectivity index is 3.12. The molecule has 0 saturated heterocycles. The van der Waals surface area contributed by atoms with Crippen molar-refractivity contribution in [3.05, 3.63) is 29.8 Å². The van der Waals surface area contributed by atoms with E-state index in [0.717, 1.165) is 5.56 Å². The molecule has 15 heavy (non-hydrogen) atoms. The van der Waals surface area contributed by atoms with Crippen LogP contribution < -0.4 is 0 Å². The van der Waals surface area contributed by atoms with Crippen LogP contribution in [0.4, 0.5) is 0 Å². The lowest BCUT2D eigenvalue weighted by Crippen LogP contribution is -2.29. The first-order valence-corrected chi connectivity index (χ1v) is 6.39. The number of benzene rings is 1. The van der Waals surface area contributed by atoms with Crippen molar-refractivity contribution < 1.29 is 13.5 Å². The molecule has 0 saturated carbocycles. The van der Waals surface area contributed by atoms with Gasteiger partial charge in [0.1, 0.15) is 0 Å². The van der Waals surface area contributed by atoms with Gasteiger partial charge in [-0.1, -0.05) is 17.7 Å². The van der Waals surface area contributed by atoms with Crippen LogP contribution in [0.3, 0.4) is 0 Å². The van der Waals surface area contributed by atoms with Crippen LogP contribution in [0.25, 0.3) is 0 Å². The topological polar surface area (TPSA) is 54.4 Å². The smallest absolute Gasteiger partial charge is 0.183 e. The molecular weight excluding hydrogens is 212 g/mol. The van der Waals surface area contributed by atoms with Crippen molar-refractivity contribution in [2.24, 2.45) is 0 Å². The zero-order valence-corrected chi connectivity index (χ0v) is 9.95. The standard InChI is InChI=1S/C11H16O3S/c1-8-4-6-11(7-5-8)15(13,14)10(3)9(2)12/h4-7,9-10,12H,1-3H3. The zero-order valence-electron chi connectivity index (χ0n) is 9.14. The molecule has 3 nitrogen and oxygen atoms in total. The van der Waals surface area contributed by atoms with E-state index in [9.17, 15) is 13.5 Å². The summed E-state index contributed by atoms with van der Waals surface area (Å²) >= 11 is 0. The molecule has 0 radical (unpaired) electrons. The van der Waals surface area contributed by atoms with E-state index in [-0.39, 0.29) is 4.90 Å². The molecule has 1 rings (SSSR count). The number of aliphatic hydroxyl groups excluding tert-OH is 1. The van der Waals surface area contributed by atoms with Gasteiger partial charge < -0.3 is 5.11 Å². The summed E-state index contributed by atoms with van der Waals surface area (Å²) in [5.74, 6) is 0. The lowest BCUT2D eigenvalue weighted by Gasteiger charge is -2.15. The SMILES string of the molecule is Cc1ccc(S(=O)(=O)C(C)C(C)O)cc1. The summed E-state index contributed by atoms with van der Waals surface area (Å²) in [5.41, 5.74) is 1.01. The first-order valence-electron chi connectivity index (χ1n) is 4.84. The third-order valence-corrected chi connectivity index (χ3v) is 4.82. The Bertz CT molecular complexity index is 418. The third kappa shape index (κ3) is 2.58. The van der Waals surface area contributed by atoms with Gasteiger partial charge >= 0.3 is 0 Å². The van der Waals surface area contributed by atoms with E-state index in [1.807, 2.05) is 6.92 Å². The fourth-order valence-corrected chi connectivity index (χ4v) is 2.67. The van der Waals surface area contributed by atoms with Crippen LogP contribution in [0.2, 0.25) is 0 Å². The largest absolute Gasteiger partial charge is 0.392 e. The number of hydrogen-bond acceptors (Lipinski definition) is 3. The Labute approximate surface area is 90.7 Å². The molecule has 4 heteroatoms. The summed E-state index contributed by atoms with van der Waals surface area (Å²) in [4.78, 5) is 0.265. The lowest BCUT2D eigenvalue weighted by atomic mass is 10.2. The van der Waals surface area contributed by atoms with Gasteiger partial charge in [0, 0.05) is 0 Å². The highest BCUT2D eigenvalue weighted by Gasteiger charge is 2.26. The Morgan fingerprint density at radius 2 is 1.60 bits per heavy atom. The highest BCUT2D eigenvalue weighted by atomic mass is 32.2. The van der Waals surface area contributed by atoms with Crippen molar-refractivity contribution in [1.82, 2.24) is 0 Å². The molecule has 0 aliphatic heterocycles. The van der Waals surface area contributed by atoms with Gasteiger partial charge in [0.05, 0.1) is 16.2 Å². The molecule has 2 atom stereocenters. The van der Waals surface area contributed by atoms with Crippen molar-refractivity contribution >= 4 is 9.84 Å². The predicted octanol–water partition coefficient (Wildman–Crippen LogP) is 1.54. The number of aryl methyl sites for hydroxylation is 1. The summed E-state index contributed by atoms with van der Waals surface area (Å²) in [5, 5.41) is 8.52. The molecule has 1 N–H and O–H groups in total. The second kappa shape index (κ2) is 4.33. The van der Waals surface area contributed by atoms with E-state index in [1.54, 1.807) is 24.3 Å². The van der Waals surface area contributed by atoms with Gasteiger partial charge in [0.25, 0.3) is 0 Å². The Morgan fingerprint density at radius 1 is 1.13 bits per heavy atom. The molecule has 2 unspecified atom stereocenters. The Morgan fingerprint density at radius 3 is 2.00 bits per heavy atom.